The molecule has 0 aliphatic carbocycles. The Morgan fingerprint density at radius 3 is 2.71 bits per heavy atom. The van der Waals surface area contributed by atoms with Crippen LogP contribution < -0.4 is 5.32 Å². The zero-order valence-corrected chi connectivity index (χ0v) is 20.8. The van der Waals surface area contributed by atoms with Crippen LogP contribution in [0.4, 0.5) is 5.69 Å². The number of hydrogen-bond acceptors (Lipinski definition) is 11. The molecule has 184 valence electrons. The molecule has 3 aliphatic heterocycles. The second kappa shape index (κ2) is 11.2. The van der Waals surface area contributed by atoms with Crippen molar-refractivity contribution >= 4 is 64.5 Å². The van der Waals surface area contributed by atoms with Crippen LogP contribution in [0, 0.1) is 10.1 Å². The number of oxime groups is 1. The van der Waals surface area contributed by atoms with Crippen molar-refractivity contribution in [3.8, 4) is 0 Å². The maximum atomic E-state index is 12.9. The van der Waals surface area contributed by atoms with Crippen LogP contribution in [-0.4, -0.2) is 69.1 Å². The van der Waals surface area contributed by atoms with Crippen LogP contribution in [0.25, 0.3) is 0 Å². The van der Waals surface area contributed by atoms with Crippen LogP contribution in [0.15, 0.2) is 51.5 Å². The van der Waals surface area contributed by atoms with E-state index in [1.165, 1.54) is 59.8 Å². The number of fused-ring (bicyclic) bond motifs is 1. The molecule has 1 saturated heterocycles. The van der Waals surface area contributed by atoms with Gasteiger partial charge in [-0.05, 0) is 29.2 Å². The number of nitrogens with one attached hydrogen (secondary N) is 1. The normalized spacial score (nSPS) is 21.7. The number of non-ortho nitro benzene ring substituents is 1. The second-order valence-electron chi connectivity index (χ2n) is 7.30. The van der Waals surface area contributed by atoms with Gasteiger partial charge in [-0.25, -0.2) is 4.79 Å². The maximum Gasteiger partial charge on any atom is 0.355 e. The molecule has 1 N–H and O–H groups in total. The van der Waals surface area contributed by atoms with Crippen LogP contribution in [0.5, 0.6) is 0 Å². The van der Waals surface area contributed by atoms with Gasteiger partial charge in [-0.15, -0.1) is 35.3 Å². The van der Waals surface area contributed by atoms with Crippen molar-refractivity contribution in [2.24, 2.45) is 5.16 Å². The number of ether oxygens (including phenoxy) is 1. The molecule has 0 saturated carbocycles. The van der Waals surface area contributed by atoms with Crippen molar-refractivity contribution in [3.63, 3.8) is 0 Å². The van der Waals surface area contributed by atoms with Crippen LogP contribution in [0.3, 0.4) is 0 Å². The van der Waals surface area contributed by atoms with Crippen molar-refractivity contribution in [3.05, 3.63) is 62.0 Å². The highest BCUT2D eigenvalue weighted by Gasteiger charge is 2.53. The third-order valence-electron chi connectivity index (χ3n) is 5.14. The standard InChI is InChI=1S/C21H20N4O7S3/c1-31-23-16(15-11-33-8-9-34-15)18(26)22-17-19(27)24-14(6-7-35-20(17)24)21(28)32-10-12-2-4-13(5-3-12)25(29)30/h2-6,11,17,20H,7-10H2,1H3,(H,22,26)/t17?,20-/m1/s1. The maximum absolute atomic E-state index is 12.9. The van der Waals surface area contributed by atoms with Crippen molar-refractivity contribution in [2.45, 2.75) is 18.0 Å². The number of nitro groups is 1. The lowest BCUT2D eigenvalue weighted by Crippen LogP contribution is -2.70. The summed E-state index contributed by atoms with van der Waals surface area (Å²) >= 11 is 4.48. The van der Waals surface area contributed by atoms with Gasteiger partial charge in [0.1, 0.15) is 30.8 Å². The third-order valence-corrected chi connectivity index (χ3v) is 8.60. The fraction of sp³-hybridized carbons (Fsp3) is 0.333. The monoisotopic (exact) mass is 536 g/mol. The van der Waals surface area contributed by atoms with E-state index in [9.17, 15) is 24.5 Å². The molecule has 2 amide bonds. The second-order valence-corrected chi connectivity index (χ2v) is 10.6. The predicted molar refractivity (Wildman–Crippen MR) is 133 cm³/mol. The van der Waals surface area contributed by atoms with Gasteiger partial charge in [-0.3, -0.25) is 24.6 Å². The Balaban J connectivity index is 1.37. The number of nitro benzene ring substituents is 1. The van der Waals surface area contributed by atoms with Crippen LogP contribution >= 0.6 is 35.3 Å². The van der Waals surface area contributed by atoms with Crippen molar-refractivity contribution in [1.29, 1.82) is 0 Å². The average Bonchev–Trinajstić information content (AvgIpc) is 2.88. The molecule has 0 bridgehead atoms. The van der Waals surface area contributed by atoms with Crippen molar-refractivity contribution < 1.29 is 28.9 Å². The SMILES string of the molecule is CON=C(C(=O)NC1C(=O)N2C(C(=O)OCc3ccc([N+](=O)[O-])cc3)=CCS[C@H]12)C1=CSCCS1. The smallest absolute Gasteiger partial charge is 0.355 e. The highest BCUT2D eigenvalue weighted by atomic mass is 32.2. The molecule has 1 aromatic rings. The lowest BCUT2D eigenvalue weighted by Gasteiger charge is -2.48. The molecule has 4 rings (SSSR count). The number of nitrogens with zero attached hydrogens (tertiary/aromatic N) is 3. The Morgan fingerprint density at radius 1 is 1.29 bits per heavy atom. The first-order chi connectivity index (χ1) is 16.9. The molecular formula is C21H20N4O7S3. The highest BCUT2D eigenvalue weighted by Crippen LogP contribution is 2.38. The lowest BCUT2D eigenvalue weighted by atomic mass is 10.0. The number of carbonyl (C=O) groups is 3. The summed E-state index contributed by atoms with van der Waals surface area (Å²) in [5, 5.41) is 18.7. The number of hydrogen-bond donors (Lipinski definition) is 1. The van der Waals surface area contributed by atoms with E-state index < -0.39 is 34.1 Å². The van der Waals surface area contributed by atoms with Gasteiger partial charge in [-0.2, -0.15) is 0 Å². The van der Waals surface area contributed by atoms with Gasteiger partial charge < -0.3 is 14.9 Å². The summed E-state index contributed by atoms with van der Waals surface area (Å²) in [5.41, 5.74) is 0.725. The number of carbonyl (C=O) groups excluding carboxylic acids is 3. The third kappa shape index (κ3) is 5.49. The molecule has 3 heterocycles. The van der Waals surface area contributed by atoms with Crippen LogP contribution in [-0.2, 0) is 30.6 Å². The van der Waals surface area contributed by atoms with E-state index in [0.717, 1.165) is 11.5 Å². The van der Waals surface area contributed by atoms with E-state index in [4.69, 9.17) is 9.57 Å². The predicted octanol–water partition coefficient (Wildman–Crippen LogP) is 2.25. The van der Waals surface area contributed by atoms with E-state index in [1.807, 2.05) is 5.41 Å². The highest BCUT2D eigenvalue weighted by molar-refractivity contribution is 8.10. The molecular weight excluding hydrogens is 516 g/mol. The summed E-state index contributed by atoms with van der Waals surface area (Å²) in [7, 11) is 1.35. The Morgan fingerprint density at radius 2 is 2.06 bits per heavy atom. The van der Waals surface area contributed by atoms with Gasteiger partial charge in [0.05, 0.1) is 4.92 Å². The minimum Gasteiger partial charge on any atom is -0.456 e. The minimum atomic E-state index is -0.817. The van der Waals surface area contributed by atoms with E-state index >= 15 is 0 Å². The molecule has 0 radical (unpaired) electrons. The Hall–Kier alpha value is -2.97. The topological polar surface area (TPSA) is 140 Å². The number of esters is 1. The van der Waals surface area contributed by atoms with E-state index in [1.54, 1.807) is 17.8 Å². The molecule has 3 aliphatic rings. The molecule has 1 fully saturated rings. The molecule has 2 atom stereocenters. The Labute approximate surface area is 212 Å². The molecule has 0 aromatic heterocycles. The van der Waals surface area contributed by atoms with Crippen molar-refractivity contribution in [1.82, 2.24) is 10.2 Å². The summed E-state index contributed by atoms with van der Waals surface area (Å²) in [6.07, 6.45) is 1.60. The Kier molecular flexibility index (Phi) is 8.03. The summed E-state index contributed by atoms with van der Waals surface area (Å²) in [6.45, 7) is -0.101. The summed E-state index contributed by atoms with van der Waals surface area (Å²) in [4.78, 5) is 55.5. The van der Waals surface area contributed by atoms with Crippen molar-refractivity contribution in [2.75, 3.05) is 24.4 Å². The van der Waals surface area contributed by atoms with E-state index in [0.29, 0.717) is 16.2 Å². The van der Waals surface area contributed by atoms with Gasteiger partial charge in [0.2, 0.25) is 0 Å². The molecule has 1 aromatic carbocycles. The molecule has 35 heavy (non-hydrogen) atoms. The van der Waals surface area contributed by atoms with Gasteiger partial charge in [0, 0.05) is 34.3 Å². The van der Waals surface area contributed by atoms with Gasteiger partial charge in [-0.1, -0.05) is 5.16 Å². The Bertz CT molecular complexity index is 1140. The molecule has 1 unspecified atom stereocenters. The zero-order valence-electron chi connectivity index (χ0n) is 18.4. The number of benzene rings is 1. The van der Waals surface area contributed by atoms with Crippen LogP contribution in [0.2, 0.25) is 0 Å². The van der Waals surface area contributed by atoms with Crippen LogP contribution in [0.1, 0.15) is 5.56 Å². The summed E-state index contributed by atoms with van der Waals surface area (Å²) < 4.78 is 5.32. The van der Waals surface area contributed by atoms with E-state index in [-0.39, 0.29) is 23.7 Å². The number of β-lactam (4-membered cyclic amide) rings is 1. The van der Waals surface area contributed by atoms with Gasteiger partial charge >= 0.3 is 5.97 Å². The fourth-order valence-corrected chi connectivity index (χ4v) is 6.71. The van der Waals surface area contributed by atoms with Gasteiger partial charge in [0.25, 0.3) is 17.5 Å². The molecule has 0 spiro atoms. The molecule has 14 heteroatoms. The molecule has 11 nitrogen and oxygen atoms in total. The lowest BCUT2D eigenvalue weighted by molar-refractivity contribution is -0.384. The van der Waals surface area contributed by atoms with Gasteiger partial charge in [0.15, 0.2) is 5.71 Å². The number of amides is 2. The first kappa shape index (κ1) is 25.1. The summed E-state index contributed by atoms with van der Waals surface area (Å²) in [6, 6.07) is 4.82. The summed E-state index contributed by atoms with van der Waals surface area (Å²) in [5.74, 6) is 0.583. The zero-order chi connectivity index (χ0) is 24.9. The number of thioether (sulfide) groups is 3. The van der Waals surface area contributed by atoms with E-state index in [2.05, 4.69) is 10.5 Å². The minimum absolute atomic E-state index is 0.0648. The first-order valence-electron chi connectivity index (χ1n) is 10.3. The fourth-order valence-electron chi connectivity index (χ4n) is 3.46. The number of rotatable bonds is 8. The largest absolute Gasteiger partial charge is 0.456 e. The first-order valence-corrected chi connectivity index (χ1v) is 13.4. The average molecular weight is 537 g/mol. The quantitative estimate of drug-likeness (QED) is 0.173.